The summed E-state index contributed by atoms with van der Waals surface area (Å²) in [6.45, 7) is 1.81. The Balaban J connectivity index is 1.48. The van der Waals surface area contributed by atoms with Crippen LogP contribution in [0.3, 0.4) is 0 Å². The molecule has 3 rings (SSSR count). The van der Waals surface area contributed by atoms with E-state index in [1.165, 1.54) is 12.1 Å². The molecule has 0 spiro atoms. The van der Waals surface area contributed by atoms with Crippen LogP contribution in [0.2, 0.25) is 0 Å². The third-order valence-corrected chi connectivity index (χ3v) is 3.63. The van der Waals surface area contributed by atoms with Crippen LogP contribution in [0.1, 0.15) is 21.5 Å². The van der Waals surface area contributed by atoms with E-state index in [4.69, 9.17) is 14.2 Å². The molecule has 0 unspecified atom stereocenters. The number of hydrogen-bond acceptors (Lipinski definition) is 6. The van der Waals surface area contributed by atoms with E-state index in [-0.39, 0.29) is 24.7 Å². The fraction of sp³-hybridized carbons (Fsp3) is 0.222. The molecule has 2 aromatic rings. The minimum Gasteiger partial charge on any atom is -0.507 e. The van der Waals surface area contributed by atoms with E-state index in [1.807, 2.05) is 6.07 Å². The Morgan fingerprint density at radius 3 is 2.76 bits per heavy atom. The Kier molecular flexibility index (Phi) is 4.74. The number of fused-ring (bicyclic) bond motifs is 1. The molecule has 0 aromatic heterocycles. The van der Waals surface area contributed by atoms with Gasteiger partial charge in [0.05, 0.1) is 0 Å². The van der Waals surface area contributed by atoms with E-state index in [1.54, 1.807) is 25.1 Å². The Morgan fingerprint density at radius 2 is 1.96 bits per heavy atom. The molecule has 0 bridgehead atoms. The minimum atomic E-state index is -0.754. The van der Waals surface area contributed by atoms with E-state index >= 15 is 0 Å². The highest BCUT2D eigenvalue weighted by molar-refractivity contribution is 5.93. The Hall–Kier alpha value is -3.22. The summed E-state index contributed by atoms with van der Waals surface area (Å²) < 4.78 is 15.4. The summed E-state index contributed by atoms with van der Waals surface area (Å²) in [5, 5.41) is 12.4. The molecule has 0 saturated carbocycles. The summed E-state index contributed by atoms with van der Waals surface area (Å²) in [5.41, 5.74) is 1.67. The highest BCUT2D eigenvalue weighted by Crippen LogP contribution is 2.32. The molecule has 7 heteroatoms. The van der Waals surface area contributed by atoms with Crippen molar-refractivity contribution in [2.45, 2.75) is 13.5 Å². The molecular weight excluding hydrogens is 326 g/mol. The van der Waals surface area contributed by atoms with E-state index in [9.17, 15) is 14.7 Å². The average Bonchev–Trinajstić information content (AvgIpc) is 3.05. The number of carbonyl (C=O) groups excluding carboxylic acids is 2. The van der Waals surface area contributed by atoms with Gasteiger partial charge in [0, 0.05) is 6.54 Å². The van der Waals surface area contributed by atoms with Crippen LogP contribution >= 0.6 is 0 Å². The average molecular weight is 343 g/mol. The molecule has 0 aliphatic carbocycles. The fourth-order valence-corrected chi connectivity index (χ4v) is 2.33. The van der Waals surface area contributed by atoms with Crippen molar-refractivity contribution in [3.8, 4) is 17.2 Å². The van der Waals surface area contributed by atoms with Crippen molar-refractivity contribution < 1.29 is 28.9 Å². The number of hydrogen-bond donors (Lipinski definition) is 2. The molecule has 7 nitrogen and oxygen atoms in total. The van der Waals surface area contributed by atoms with Gasteiger partial charge in [-0.05, 0) is 42.3 Å². The summed E-state index contributed by atoms with van der Waals surface area (Å²) in [5.74, 6) is -0.0750. The topological polar surface area (TPSA) is 94.1 Å². The quantitative estimate of drug-likeness (QED) is 0.806. The number of benzene rings is 2. The van der Waals surface area contributed by atoms with Gasteiger partial charge in [0.2, 0.25) is 6.79 Å². The first-order chi connectivity index (χ1) is 12.0. The van der Waals surface area contributed by atoms with Crippen molar-refractivity contribution in [2.24, 2.45) is 0 Å². The van der Waals surface area contributed by atoms with E-state index in [0.29, 0.717) is 11.5 Å². The predicted octanol–water partition coefficient (Wildman–Crippen LogP) is 1.90. The number of aromatic hydroxyl groups is 1. The van der Waals surface area contributed by atoms with Crippen LogP contribution < -0.4 is 14.8 Å². The summed E-state index contributed by atoms with van der Waals surface area (Å²) in [6, 6.07) is 9.94. The normalized spacial score (nSPS) is 11.9. The summed E-state index contributed by atoms with van der Waals surface area (Å²) >= 11 is 0. The van der Waals surface area contributed by atoms with Crippen molar-refractivity contribution in [2.75, 3.05) is 13.4 Å². The molecule has 25 heavy (non-hydrogen) atoms. The van der Waals surface area contributed by atoms with Crippen molar-refractivity contribution >= 4 is 11.9 Å². The van der Waals surface area contributed by atoms with Crippen LogP contribution in [0.25, 0.3) is 0 Å². The van der Waals surface area contributed by atoms with Gasteiger partial charge in [0.25, 0.3) is 5.91 Å². The smallest absolute Gasteiger partial charge is 0.342 e. The van der Waals surface area contributed by atoms with Crippen molar-refractivity contribution in [3.05, 3.63) is 53.1 Å². The highest BCUT2D eigenvalue weighted by atomic mass is 16.7. The number of aryl methyl sites for hydroxylation is 1. The maximum Gasteiger partial charge on any atom is 0.342 e. The lowest BCUT2D eigenvalue weighted by Crippen LogP contribution is -2.28. The van der Waals surface area contributed by atoms with Gasteiger partial charge in [-0.15, -0.1) is 0 Å². The van der Waals surface area contributed by atoms with Gasteiger partial charge < -0.3 is 24.6 Å². The summed E-state index contributed by atoms with van der Waals surface area (Å²) in [4.78, 5) is 23.7. The first kappa shape index (κ1) is 16.6. The number of nitrogens with one attached hydrogen (secondary N) is 1. The third-order valence-electron chi connectivity index (χ3n) is 3.63. The van der Waals surface area contributed by atoms with Crippen molar-refractivity contribution in [3.63, 3.8) is 0 Å². The lowest BCUT2D eigenvalue weighted by molar-refractivity contribution is -0.124. The zero-order valence-electron chi connectivity index (χ0n) is 13.6. The Labute approximate surface area is 144 Å². The minimum absolute atomic E-state index is 0.0224. The third kappa shape index (κ3) is 4.00. The number of rotatable bonds is 5. The number of amides is 1. The van der Waals surface area contributed by atoms with Gasteiger partial charge in [-0.2, -0.15) is 0 Å². The van der Waals surface area contributed by atoms with Crippen LogP contribution in [0.5, 0.6) is 17.2 Å². The predicted molar refractivity (Wildman–Crippen MR) is 87.5 cm³/mol. The zero-order chi connectivity index (χ0) is 17.8. The van der Waals surface area contributed by atoms with Gasteiger partial charge >= 0.3 is 5.97 Å². The van der Waals surface area contributed by atoms with Crippen LogP contribution in [-0.2, 0) is 16.1 Å². The summed E-state index contributed by atoms with van der Waals surface area (Å²) in [6.07, 6.45) is 0. The molecule has 2 N–H and O–H groups in total. The molecule has 0 atom stereocenters. The van der Waals surface area contributed by atoms with Crippen LogP contribution in [-0.4, -0.2) is 30.4 Å². The lowest BCUT2D eigenvalue weighted by Gasteiger charge is -2.08. The number of ether oxygens (including phenoxy) is 3. The highest BCUT2D eigenvalue weighted by Gasteiger charge is 2.15. The number of esters is 1. The van der Waals surface area contributed by atoms with Gasteiger partial charge in [0.1, 0.15) is 11.3 Å². The molecule has 0 radical (unpaired) electrons. The SMILES string of the molecule is Cc1ccc(C(=O)OCC(=O)NCc2ccc3c(c2)OCO3)c(O)c1. The van der Waals surface area contributed by atoms with E-state index in [2.05, 4.69) is 5.32 Å². The molecule has 2 aromatic carbocycles. The van der Waals surface area contributed by atoms with E-state index in [0.717, 1.165) is 11.1 Å². The van der Waals surface area contributed by atoms with Gasteiger partial charge in [-0.1, -0.05) is 12.1 Å². The maximum absolute atomic E-state index is 11.9. The fourth-order valence-electron chi connectivity index (χ4n) is 2.33. The summed E-state index contributed by atoms with van der Waals surface area (Å²) in [7, 11) is 0. The number of phenolic OH excluding ortho intramolecular Hbond substituents is 1. The van der Waals surface area contributed by atoms with Gasteiger partial charge in [0.15, 0.2) is 18.1 Å². The van der Waals surface area contributed by atoms with Crippen LogP contribution in [0.15, 0.2) is 36.4 Å². The standard InChI is InChI=1S/C18H17NO6/c1-11-2-4-13(14(20)6-11)18(22)23-9-17(21)19-8-12-3-5-15-16(7-12)25-10-24-15/h2-7,20H,8-10H2,1H3,(H,19,21). The van der Waals surface area contributed by atoms with E-state index < -0.39 is 18.5 Å². The maximum atomic E-state index is 11.9. The molecule has 130 valence electrons. The second-order valence-corrected chi connectivity index (χ2v) is 5.56. The molecule has 1 amide bonds. The first-order valence-corrected chi connectivity index (χ1v) is 7.65. The van der Waals surface area contributed by atoms with Crippen LogP contribution in [0, 0.1) is 6.92 Å². The number of carbonyl (C=O) groups is 2. The first-order valence-electron chi connectivity index (χ1n) is 7.65. The molecular formula is C18H17NO6. The largest absolute Gasteiger partial charge is 0.507 e. The second-order valence-electron chi connectivity index (χ2n) is 5.56. The molecule has 1 aliphatic rings. The zero-order valence-corrected chi connectivity index (χ0v) is 13.6. The Morgan fingerprint density at radius 1 is 1.16 bits per heavy atom. The van der Waals surface area contributed by atoms with Crippen molar-refractivity contribution in [1.82, 2.24) is 5.32 Å². The van der Waals surface area contributed by atoms with Crippen molar-refractivity contribution in [1.29, 1.82) is 0 Å². The number of phenols is 1. The molecule has 0 fully saturated rings. The van der Waals surface area contributed by atoms with Gasteiger partial charge in [-0.25, -0.2) is 4.79 Å². The van der Waals surface area contributed by atoms with Gasteiger partial charge in [-0.3, -0.25) is 4.79 Å². The Bertz CT molecular complexity index is 817. The molecule has 0 saturated heterocycles. The second kappa shape index (κ2) is 7.12. The molecule has 1 aliphatic heterocycles. The monoisotopic (exact) mass is 343 g/mol. The lowest BCUT2D eigenvalue weighted by atomic mass is 10.1. The van der Waals surface area contributed by atoms with Crippen LogP contribution in [0.4, 0.5) is 0 Å². The molecule has 1 heterocycles.